The molecule has 9 nitrogen and oxygen atoms in total. The SMILES string of the molecule is [2H]C([2H])([2H])n1cnc2c(ncn2[C@@H]2O[C@H](CO)C(O)[C@@H]2O)c1=N. The summed E-state index contributed by atoms with van der Waals surface area (Å²) < 4.78 is 29.4. The third-order valence-corrected chi connectivity index (χ3v) is 3.32. The summed E-state index contributed by atoms with van der Waals surface area (Å²) in [6, 6.07) is 0. The molecule has 2 aromatic heterocycles. The summed E-state index contributed by atoms with van der Waals surface area (Å²) in [6.07, 6.45) is -2.40. The van der Waals surface area contributed by atoms with Crippen molar-refractivity contribution in [1.29, 1.82) is 5.41 Å². The van der Waals surface area contributed by atoms with Gasteiger partial charge in [0.25, 0.3) is 0 Å². The van der Waals surface area contributed by atoms with Crippen molar-refractivity contribution in [2.75, 3.05) is 6.61 Å². The zero-order valence-corrected chi connectivity index (χ0v) is 10.2. The van der Waals surface area contributed by atoms with Gasteiger partial charge in [-0.1, -0.05) is 0 Å². The Morgan fingerprint density at radius 2 is 2.20 bits per heavy atom. The molecular weight excluding hydrogens is 266 g/mol. The maximum Gasteiger partial charge on any atom is 0.167 e. The predicted molar refractivity (Wildman–Crippen MR) is 65.4 cm³/mol. The summed E-state index contributed by atoms with van der Waals surface area (Å²) in [5.74, 6) is 0. The second kappa shape index (κ2) is 4.63. The third kappa shape index (κ3) is 1.75. The molecule has 2 aromatic rings. The number of aromatic nitrogens is 4. The van der Waals surface area contributed by atoms with Crippen LogP contribution in [-0.2, 0) is 11.7 Å². The monoisotopic (exact) mass is 284 g/mol. The molecule has 4 atom stereocenters. The number of hydrogen-bond acceptors (Lipinski definition) is 7. The molecular formula is C11H15N5O4. The predicted octanol–water partition coefficient (Wildman–Crippen LogP) is -2.14. The fourth-order valence-electron chi connectivity index (χ4n) is 2.23. The van der Waals surface area contributed by atoms with E-state index < -0.39 is 38.1 Å². The van der Waals surface area contributed by atoms with Crippen LogP contribution < -0.4 is 5.49 Å². The summed E-state index contributed by atoms with van der Waals surface area (Å²) in [7, 11) is 0. The highest BCUT2D eigenvalue weighted by Crippen LogP contribution is 2.30. The van der Waals surface area contributed by atoms with Gasteiger partial charge in [-0.05, 0) is 0 Å². The molecule has 3 heterocycles. The van der Waals surface area contributed by atoms with Gasteiger partial charge in [0.05, 0.1) is 19.3 Å². The fourth-order valence-corrected chi connectivity index (χ4v) is 2.23. The Balaban J connectivity index is 2.08. The molecule has 1 aliphatic rings. The van der Waals surface area contributed by atoms with Crippen LogP contribution >= 0.6 is 0 Å². The van der Waals surface area contributed by atoms with E-state index in [-0.39, 0.29) is 16.7 Å². The third-order valence-electron chi connectivity index (χ3n) is 3.32. The Morgan fingerprint density at radius 1 is 1.40 bits per heavy atom. The van der Waals surface area contributed by atoms with Crippen molar-refractivity contribution in [1.82, 2.24) is 19.1 Å². The van der Waals surface area contributed by atoms with Crippen molar-refractivity contribution in [3.63, 3.8) is 0 Å². The van der Waals surface area contributed by atoms with E-state index in [2.05, 4.69) is 9.97 Å². The molecule has 3 rings (SSSR count). The highest BCUT2D eigenvalue weighted by Gasteiger charge is 2.43. The van der Waals surface area contributed by atoms with Crippen LogP contribution in [0.15, 0.2) is 12.7 Å². The van der Waals surface area contributed by atoms with Crippen LogP contribution in [0, 0.1) is 5.41 Å². The highest BCUT2D eigenvalue weighted by molar-refractivity contribution is 5.68. The number of aryl methyl sites for hydroxylation is 1. The van der Waals surface area contributed by atoms with E-state index in [4.69, 9.17) is 19.4 Å². The highest BCUT2D eigenvalue weighted by atomic mass is 16.6. The number of nitrogens with zero attached hydrogens (tertiary/aromatic N) is 4. The van der Waals surface area contributed by atoms with Gasteiger partial charge in [0.1, 0.15) is 23.8 Å². The Hall–Kier alpha value is -1.81. The summed E-state index contributed by atoms with van der Waals surface area (Å²) in [5, 5.41) is 36.9. The van der Waals surface area contributed by atoms with Crippen LogP contribution in [0.3, 0.4) is 0 Å². The number of aliphatic hydroxyl groups is 3. The number of imidazole rings is 1. The van der Waals surface area contributed by atoms with Crippen LogP contribution in [-0.4, -0.2) is 59.3 Å². The van der Waals surface area contributed by atoms with Gasteiger partial charge in [0.2, 0.25) is 0 Å². The van der Waals surface area contributed by atoms with Crippen LogP contribution in [0.1, 0.15) is 10.3 Å². The summed E-state index contributed by atoms with van der Waals surface area (Å²) >= 11 is 0. The Labute approximate surface area is 117 Å². The van der Waals surface area contributed by atoms with Gasteiger partial charge >= 0.3 is 0 Å². The number of rotatable bonds is 2. The largest absolute Gasteiger partial charge is 0.394 e. The standard InChI is InChI=1S/C11H15N5O4/c1-15-3-14-10-6(9(15)12)13-4-16(10)11-8(19)7(18)5(2-17)20-11/h3-5,7-8,11-12,17-19H,2H2,1H3/t5-,7?,8+,11-/m1/s1/i1D3. The van der Waals surface area contributed by atoms with Crippen molar-refractivity contribution < 1.29 is 24.2 Å². The van der Waals surface area contributed by atoms with E-state index in [1.54, 1.807) is 0 Å². The number of nitrogens with one attached hydrogen (secondary N) is 1. The van der Waals surface area contributed by atoms with Crippen molar-refractivity contribution in [3.05, 3.63) is 18.1 Å². The fraction of sp³-hybridized carbons (Fsp3) is 0.545. The van der Waals surface area contributed by atoms with E-state index in [1.807, 2.05) is 0 Å². The van der Waals surface area contributed by atoms with Gasteiger partial charge in [-0.15, -0.1) is 0 Å². The lowest BCUT2D eigenvalue weighted by Gasteiger charge is -2.16. The Morgan fingerprint density at radius 3 is 2.85 bits per heavy atom. The molecule has 4 N–H and O–H groups in total. The number of fused-ring (bicyclic) bond motifs is 1. The second-order valence-corrected chi connectivity index (χ2v) is 4.52. The first-order valence-corrected chi connectivity index (χ1v) is 5.87. The Kier molecular flexibility index (Phi) is 2.31. The molecule has 1 unspecified atom stereocenters. The number of ether oxygens (including phenoxy) is 1. The van der Waals surface area contributed by atoms with Gasteiger partial charge in [-0.2, -0.15) is 0 Å². The molecule has 108 valence electrons. The lowest BCUT2D eigenvalue weighted by molar-refractivity contribution is -0.0511. The zero-order valence-electron chi connectivity index (χ0n) is 13.2. The summed E-state index contributed by atoms with van der Waals surface area (Å²) in [5.41, 5.74) is -0.216. The molecule has 1 fully saturated rings. The molecule has 1 saturated heterocycles. The molecule has 1 aliphatic heterocycles. The molecule has 9 heteroatoms. The van der Waals surface area contributed by atoms with Crippen LogP contribution in [0.5, 0.6) is 0 Å². The maximum absolute atomic E-state index is 10.0. The smallest absolute Gasteiger partial charge is 0.167 e. The molecule has 0 spiro atoms. The average Bonchev–Trinajstić information content (AvgIpc) is 3.01. The topological polar surface area (TPSA) is 129 Å². The van der Waals surface area contributed by atoms with Crippen LogP contribution in [0.4, 0.5) is 0 Å². The van der Waals surface area contributed by atoms with Crippen molar-refractivity contribution in [2.45, 2.75) is 24.5 Å². The lowest BCUT2D eigenvalue weighted by atomic mass is 10.1. The van der Waals surface area contributed by atoms with Gasteiger partial charge in [0, 0.05) is 11.1 Å². The first kappa shape index (κ1) is 10.00. The molecule has 0 aliphatic carbocycles. The molecule has 0 amide bonds. The van der Waals surface area contributed by atoms with Crippen molar-refractivity contribution in [2.24, 2.45) is 6.98 Å². The molecule has 0 aromatic carbocycles. The van der Waals surface area contributed by atoms with Crippen LogP contribution in [0.25, 0.3) is 11.2 Å². The van der Waals surface area contributed by atoms with E-state index in [0.717, 1.165) is 6.33 Å². The quantitative estimate of drug-likeness (QED) is 0.498. The van der Waals surface area contributed by atoms with Gasteiger partial charge in [0.15, 0.2) is 17.4 Å². The average molecular weight is 284 g/mol. The summed E-state index contributed by atoms with van der Waals surface area (Å²) in [6.45, 7) is -3.04. The van der Waals surface area contributed by atoms with E-state index in [9.17, 15) is 10.2 Å². The second-order valence-electron chi connectivity index (χ2n) is 4.52. The zero-order chi connectivity index (χ0) is 16.9. The van der Waals surface area contributed by atoms with Gasteiger partial charge in [-0.3, -0.25) is 9.98 Å². The van der Waals surface area contributed by atoms with Crippen LogP contribution in [0.2, 0.25) is 0 Å². The molecule has 0 bridgehead atoms. The van der Waals surface area contributed by atoms with Crippen molar-refractivity contribution in [3.8, 4) is 0 Å². The van der Waals surface area contributed by atoms with Gasteiger partial charge < -0.3 is 24.6 Å². The first-order valence-electron chi connectivity index (χ1n) is 7.37. The maximum atomic E-state index is 10.0. The van der Waals surface area contributed by atoms with Crippen molar-refractivity contribution >= 4 is 11.2 Å². The normalized spacial score (nSPS) is 33.0. The van der Waals surface area contributed by atoms with E-state index in [1.165, 1.54) is 10.9 Å². The van der Waals surface area contributed by atoms with E-state index in [0.29, 0.717) is 4.57 Å². The minimum absolute atomic E-state index is 0.0152. The van der Waals surface area contributed by atoms with E-state index >= 15 is 0 Å². The molecule has 20 heavy (non-hydrogen) atoms. The number of hydrogen-bond donors (Lipinski definition) is 4. The summed E-state index contributed by atoms with van der Waals surface area (Å²) in [4.78, 5) is 7.93. The minimum Gasteiger partial charge on any atom is -0.394 e. The molecule has 0 radical (unpaired) electrons. The van der Waals surface area contributed by atoms with Gasteiger partial charge in [-0.25, -0.2) is 9.97 Å². The Bertz CT molecular complexity index is 788. The molecule has 0 saturated carbocycles. The minimum atomic E-state index is -2.57. The lowest BCUT2D eigenvalue weighted by Crippen LogP contribution is -2.33. The number of aliphatic hydroxyl groups excluding tert-OH is 3. The first-order chi connectivity index (χ1) is 10.8.